The van der Waals surface area contributed by atoms with Crippen molar-refractivity contribution in [1.29, 1.82) is 0 Å². The van der Waals surface area contributed by atoms with Crippen molar-refractivity contribution in [3.63, 3.8) is 0 Å². The zero-order valence-corrected chi connectivity index (χ0v) is 9.01. The van der Waals surface area contributed by atoms with E-state index in [2.05, 4.69) is 0 Å². The molecule has 19 heavy (non-hydrogen) atoms. The van der Waals surface area contributed by atoms with Crippen LogP contribution in [0.15, 0.2) is 18.2 Å². The lowest BCUT2D eigenvalue weighted by Gasteiger charge is -2.27. The minimum atomic E-state index is -5.86. The van der Waals surface area contributed by atoms with Crippen LogP contribution in [0.2, 0.25) is 0 Å². The summed E-state index contributed by atoms with van der Waals surface area (Å²) in [5.41, 5.74) is -2.60. The van der Waals surface area contributed by atoms with E-state index in [1.54, 1.807) is 0 Å². The summed E-state index contributed by atoms with van der Waals surface area (Å²) in [4.78, 5) is 10.6. The average molecular weight is 287 g/mol. The molecule has 106 valence electrons. The number of hydrogen-bond acceptors (Lipinski definition) is 2. The molecule has 0 aliphatic rings. The monoisotopic (exact) mass is 287 g/mol. The molecule has 0 heterocycles. The van der Waals surface area contributed by atoms with Gasteiger partial charge in [0.25, 0.3) is 12.1 Å². The molecule has 3 nitrogen and oxygen atoms in total. The number of alkyl halides is 6. The number of carboxylic acids is 1. The van der Waals surface area contributed by atoms with Crippen molar-refractivity contribution in [2.75, 3.05) is 5.73 Å². The maximum atomic E-state index is 13.6. The lowest BCUT2D eigenvalue weighted by Crippen LogP contribution is -2.44. The van der Waals surface area contributed by atoms with Gasteiger partial charge in [-0.3, -0.25) is 0 Å². The van der Waals surface area contributed by atoms with Crippen LogP contribution >= 0.6 is 0 Å². The Morgan fingerprint density at radius 1 is 1.21 bits per heavy atom. The highest BCUT2D eigenvalue weighted by Gasteiger charge is 2.64. The SMILES string of the molecule is Nc1cc(C(F)(C(F)F)C(F)(F)F)ccc1C(=O)O. The number of rotatable bonds is 3. The molecule has 3 N–H and O–H groups in total. The van der Waals surface area contributed by atoms with Crippen molar-refractivity contribution < 1.29 is 36.2 Å². The summed E-state index contributed by atoms with van der Waals surface area (Å²) in [5.74, 6) is -1.57. The predicted octanol–water partition coefficient (Wildman–Crippen LogP) is 2.96. The Hall–Kier alpha value is -1.93. The van der Waals surface area contributed by atoms with Crippen LogP contribution in [0.4, 0.5) is 32.0 Å². The third-order valence-corrected chi connectivity index (χ3v) is 2.42. The first-order valence-electron chi connectivity index (χ1n) is 4.69. The van der Waals surface area contributed by atoms with Gasteiger partial charge in [0, 0.05) is 11.3 Å². The van der Waals surface area contributed by atoms with Gasteiger partial charge < -0.3 is 10.8 Å². The van der Waals surface area contributed by atoms with E-state index in [0.717, 1.165) is 0 Å². The van der Waals surface area contributed by atoms with E-state index >= 15 is 0 Å². The van der Waals surface area contributed by atoms with Gasteiger partial charge in [0.2, 0.25) is 0 Å². The molecule has 0 spiro atoms. The molecule has 0 saturated heterocycles. The van der Waals surface area contributed by atoms with Crippen LogP contribution in [-0.4, -0.2) is 23.7 Å². The lowest BCUT2D eigenvalue weighted by molar-refractivity contribution is -0.274. The Balaban J connectivity index is 3.43. The molecule has 9 heteroatoms. The van der Waals surface area contributed by atoms with Crippen LogP contribution in [0, 0.1) is 0 Å². The number of halogens is 6. The van der Waals surface area contributed by atoms with E-state index in [1.807, 2.05) is 0 Å². The van der Waals surface area contributed by atoms with Crippen molar-refractivity contribution in [1.82, 2.24) is 0 Å². The first-order chi connectivity index (χ1) is 8.51. The molecule has 1 aromatic rings. The molecule has 0 aliphatic heterocycles. The fourth-order valence-electron chi connectivity index (χ4n) is 1.40. The van der Waals surface area contributed by atoms with Crippen LogP contribution in [0.1, 0.15) is 15.9 Å². The van der Waals surface area contributed by atoms with E-state index in [4.69, 9.17) is 10.8 Å². The molecule has 1 rings (SSSR count). The minimum Gasteiger partial charge on any atom is -0.478 e. The molecular formula is C10H7F6NO2. The summed E-state index contributed by atoms with van der Waals surface area (Å²) in [6.45, 7) is 0. The van der Waals surface area contributed by atoms with Crippen molar-refractivity contribution >= 4 is 11.7 Å². The summed E-state index contributed by atoms with van der Waals surface area (Å²) < 4.78 is 75.7. The van der Waals surface area contributed by atoms with Crippen LogP contribution in [0.5, 0.6) is 0 Å². The zero-order chi connectivity index (χ0) is 15.0. The number of anilines is 1. The smallest absolute Gasteiger partial charge is 0.432 e. The molecule has 0 bridgehead atoms. The van der Waals surface area contributed by atoms with E-state index in [0.29, 0.717) is 12.1 Å². The molecule has 1 unspecified atom stereocenters. The van der Waals surface area contributed by atoms with Crippen LogP contribution in [0.3, 0.4) is 0 Å². The molecular weight excluding hydrogens is 280 g/mol. The number of hydrogen-bond donors (Lipinski definition) is 2. The molecule has 0 aliphatic carbocycles. The summed E-state index contributed by atoms with van der Waals surface area (Å²) in [5, 5.41) is 8.58. The summed E-state index contributed by atoms with van der Waals surface area (Å²) in [6, 6.07) is 1.10. The molecule has 0 saturated carbocycles. The molecule has 0 amide bonds. The van der Waals surface area contributed by atoms with E-state index in [1.165, 1.54) is 0 Å². The van der Waals surface area contributed by atoms with Crippen LogP contribution in [-0.2, 0) is 5.67 Å². The molecule has 1 atom stereocenters. The topological polar surface area (TPSA) is 63.3 Å². The number of nitrogens with two attached hydrogens (primary N) is 1. The highest BCUT2D eigenvalue weighted by atomic mass is 19.4. The van der Waals surface area contributed by atoms with Gasteiger partial charge in [0.1, 0.15) is 0 Å². The van der Waals surface area contributed by atoms with Crippen molar-refractivity contribution in [3.05, 3.63) is 29.3 Å². The number of aromatic carboxylic acids is 1. The molecule has 0 radical (unpaired) electrons. The Kier molecular flexibility index (Phi) is 3.69. The Morgan fingerprint density at radius 3 is 2.05 bits per heavy atom. The maximum absolute atomic E-state index is 13.6. The molecule has 1 aromatic carbocycles. The van der Waals surface area contributed by atoms with Crippen molar-refractivity contribution in [2.24, 2.45) is 0 Å². The van der Waals surface area contributed by atoms with Gasteiger partial charge in [-0.2, -0.15) is 13.2 Å². The van der Waals surface area contributed by atoms with Crippen molar-refractivity contribution in [2.45, 2.75) is 18.3 Å². The summed E-state index contributed by atoms with van der Waals surface area (Å²) in [7, 11) is 0. The molecule has 0 fully saturated rings. The standard InChI is InChI=1S/C10H7F6NO2/c11-8(12)9(13,10(14,15)16)4-1-2-5(7(18)19)6(17)3-4/h1-3,8H,17H2,(H,18,19). The third kappa shape index (κ3) is 2.45. The van der Waals surface area contributed by atoms with Gasteiger partial charge >= 0.3 is 12.1 Å². The number of carbonyl (C=O) groups is 1. The average Bonchev–Trinajstić information content (AvgIpc) is 2.25. The quantitative estimate of drug-likeness (QED) is 0.663. The second-order valence-corrected chi connectivity index (χ2v) is 3.62. The number of carboxylic acid groups (broad SMARTS) is 1. The predicted molar refractivity (Wildman–Crippen MR) is 52.7 cm³/mol. The highest BCUT2D eigenvalue weighted by Crippen LogP contribution is 2.47. The third-order valence-electron chi connectivity index (χ3n) is 2.42. The van der Waals surface area contributed by atoms with E-state index < -0.39 is 41.1 Å². The minimum absolute atomic E-state index is 0.239. The largest absolute Gasteiger partial charge is 0.478 e. The summed E-state index contributed by atoms with van der Waals surface area (Å²) >= 11 is 0. The zero-order valence-electron chi connectivity index (χ0n) is 9.01. The van der Waals surface area contributed by atoms with Crippen LogP contribution in [0.25, 0.3) is 0 Å². The van der Waals surface area contributed by atoms with Gasteiger partial charge in [-0.05, 0) is 12.1 Å². The maximum Gasteiger partial charge on any atom is 0.432 e. The van der Waals surface area contributed by atoms with E-state index in [-0.39, 0.29) is 6.07 Å². The fourth-order valence-corrected chi connectivity index (χ4v) is 1.40. The van der Waals surface area contributed by atoms with Gasteiger partial charge in [0.15, 0.2) is 0 Å². The van der Waals surface area contributed by atoms with Gasteiger partial charge in [-0.25, -0.2) is 18.0 Å². The fraction of sp³-hybridized carbons (Fsp3) is 0.300. The van der Waals surface area contributed by atoms with Crippen LogP contribution < -0.4 is 5.73 Å². The summed E-state index contributed by atoms with van der Waals surface area (Å²) in [6.07, 6.45) is -10.2. The Labute approximate surface area is 102 Å². The van der Waals surface area contributed by atoms with Gasteiger partial charge in [-0.15, -0.1) is 0 Å². The van der Waals surface area contributed by atoms with Crippen molar-refractivity contribution in [3.8, 4) is 0 Å². The number of benzene rings is 1. The first-order valence-corrected chi connectivity index (χ1v) is 4.69. The van der Waals surface area contributed by atoms with Gasteiger partial charge in [-0.1, -0.05) is 6.07 Å². The first kappa shape index (κ1) is 15.1. The van der Waals surface area contributed by atoms with E-state index in [9.17, 15) is 31.1 Å². The second-order valence-electron chi connectivity index (χ2n) is 3.62. The highest BCUT2D eigenvalue weighted by molar-refractivity contribution is 5.93. The molecule has 0 aromatic heterocycles. The normalized spacial score (nSPS) is 15.3. The number of nitrogen functional groups attached to an aromatic ring is 1. The Morgan fingerprint density at radius 2 is 1.74 bits per heavy atom. The second kappa shape index (κ2) is 4.63. The van der Waals surface area contributed by atoms with Gasteiger partial charge in [0.05, 0.1) is 5.56 Å². The Bertz CT molecular complexity index is 501. The lowest BCUT2D eigenvalue weighted by atomic mass is 9.93.